The van der Waals surface area contributed by atoms with Crippen LogP contribution < -0.4 is 10.1 Å². The summed E-state index contributed by atoms with van der Waals surface area (Å²) in [5.74, 6) is -0.312. The fourth-order valence-corrected chi connectivity index (χ4v) is 2.14. The van der Waals surface area contributed by atoms with Gasteiger partial charge < -0.3 is 19.7 Å². The molecule has 120 valence electrons. The van der Waals surface area contributed by atoms with Crippen LogP contribution >= 0.6 is 0 Å². The minimum absolute atomic E-state index is 0.217. The minimum atomic E-state index is -0.747. The number of amides is 2. The molecular weight excluding hydrogens is 291 g/mol. The molecule has 1 atom stereocenters. The number of rotatable bonds is 3. The van der Waals surface area contributed by atoms with Gasteiger partial charge in [0.2, 0.25) is 0 Å². The highest BCUT2D eigenvalue weighted by Crippen LogP contribution is 2.23. The van der Waals surface area contributed by atoms with Gasteiger partial charge in [-0.15, -0.1) is 0 Å². The molecule has 0 unspecified atom stereocenters. The van der Waals surface area contributed by atoms with E-state index in [2.05, 4.69) is 5.32 Å². The van der Waals surface area contributed by atoms with E-state index in [9.17, 15) is 14.0 Å². The van der Waals surface area contributed by atoms with Crippen LogP contribution in [0.1, 0.15) is 19.4 Å². The number of halogens is 1. The Morgan fingerprint density at radius 2 is 2.27 bits per heavy atom. The third-order valence-corrected chi connectivity index (χ3v) is 3.27. The second-order valence-corrected chi connectivity index (χ2v) is 4.95. The Morgan fingerprint density at radius 1 is 1.50 bits per heavy atom. The Balaban J connectivity index is 2.03. The predicted octanol–water partition coefficient (Wildman–Crippen LogP) is 1.68. The number of nitrogens with one attached hydrogen (secondary N) is 1. The number of fused-ring (bicyclic) bond motifs is 1. The fourth-order valence-electron chi connectivity index (χ4n) is 2.14. The van der Waals surface area contributed by atoms with Crippen molar-refractivity contribution in [1.82, 2.24) is 10.2 Å². The van der Waals surface area contributed by atoms with Crippen molar-refractivity contribution in [3.05, 3.63) is 29.6 Å². The van der Waals surface area contributed by atoms with Crippen molar-refractivity contribution in [2.24, 2.45) is 0 Å². The molecule has 2 amide bonds. The lowest BCUT2D eigenvalue weighted by molar-refractivity contribution is -0.144. The molecule has 0 fully saturated rings. The van der Waals surface area contributed by atoms with E-state index in [1.807, 2.05) is 0 Å². The molecule has 22 heavy (non-hydrogen) atoms. The Hall–Kier alpha value is -2.31. The lowest BCUT2D eigenvalue weighted by atomic mass is 10.2. The molecule has 1 aliphatic rings. The summed E-state index contributed by atoms with van der Waals surface area (Å²) in [4.78, 5) is 25.2. The lowest BCUT2D eigenvalue weighted by Crippen LogP contribution is -2.47. The monoisotopic (exact) mass is 310 g/mol. The van der Waals surface area contributed by atoms with Crippen LogP contribution in [0.25, 0.3) is 0 Å². The number of carbonyl (C=O) groups is 2. The third-order valence-electron chi connectivity index (χ3n) is 3.27. The average Bonchev–Trinajstić information content (AvgIpc) is 2.69. The summed E-state index contributed by atoms with van der Waals surface area (Å²) in [7, 11) is 0. The number of benzene rings is 1. The Kier molecular flexibility index (Phi) is 5.19. The first-order valence-electron chi connectivity index (χ1n) is 7.14. The van der Waals surface area contributed by atoms with E-state index >= 15 is 0 Å². The molecule has 2 rings (SSSR count). The van der Waals surface area contributed by atoms with E-state index in [4.69, 9.17) is 9.47 Å². The number of nitrogens with zero attached hydrogens (tertiary/aromatic N) is 1. The summed E-state index contributed by atoms with van der Waals surface area (Å²) in [6.07, 6.45) is 0. The van der Waals surface area contributed by atoms with Gasteiger partial charge in [0, 0.05) is 5.56 Å². The Labute approximate surface area is 128 Å². The number of hydrogen-bond donors (Lipinski definition) is 1. The highest BCUT2D eigenvalue weighted by molar-refractivity contribution is 5.83. The van der Waals surface area contributed by atoms with Crippen LogP contribution in [0.4, 0.5) is 9.18 Å². The maximum absolute atomic E-state index is 13.3. The maximum atomic E-state index is 13.3. The molecule has 0 saturated heterocycles. The average molecular weight is 310 g/mol. The standard InChI is InChI=1S/C15H19FN2O4/c1-3-21-14(19)10(2)17-15(20)18-6-7-22-13-5-4-12(16)8-11(13)9-18/h4-5,8,10H,3,6-7,9H2,1-2H3,(H,17,20)/t10-/m1/s1. The molecular formula is C15H19FN2O4. The van der Waals surface area contributed by atoms with Crippen molar-refractivity contribution in [2.45, 2.75) is 26.4 Å². The molecule has 0 saturated carbocycles. The van der Waals surface area contributed by atoms with Crippen LogP contribution in [0, 0.1) is 5.82 Å². The molecule has 7 heteroatoms. The zero-order valence-corrected chi connectivity index (χ0v) is 12.6. The molecule has 1 aliphatic heterocycles. The van der Waals surface area contributed by atoms with Gasteiger partial charge in [0.25, 0.3) is 0 Å². The summed E-state index contributed by atoms with van der Waals surface area (Å²) in [5.41, 5.74) is 0.594. The van der Waals surface area contributed by atoms with Crippen molar-refractivity contribution < 1.29 is 23.5 Å². The lowest BCUT2D eigenvalue weighted by Gasteiger charge is -2.22. The first-order chi connectivity index (χ1) is 10.5. The van der Waals surface area contributed by atoms with Gasteiger partial charge in [-0.05, 0) is 32.0 Å². The van der Waals surface area contributed by atoms with Gasteiger partial charge in [0.05, 0.1) is 19.7 Å². The van der Waals surface area contributed by atoms with Crippen LogP contribution in [0.5, 0.6) is 5.75 Å². The van der Waals surface area contributed by atoms with Gasteiger partial charge in [-0.2, -0.15) is 0 Å². The molecule has 1 N–H and O–H groups in total. The first kappa shape index (κ1) is 16.1. The van der Waals surface area contributed by atoms with Crippen LogP contribution in [0.15, 0.2) is 18.2 Å². The highest BCUT2D eigenvalue weighted by Gasteiger charge is 2.23. The predicted molar refractivity (Wildman–Crippen MR) is 76.9 cm³/mol. The van der Waals surface area contributed by atoms with E-state index in [1.165, 1.54) is 17.0 Å². The van der Waals surface area contributed by atoms with Crippen molar-refractivity contribution in [3.63, 3.8) is 0 Å². The largest absolute Gasteiger partial charge is 0.491 e. The minimum Gasteiger partial charge on any atom is -0.491 e. The quantitative estimate of drug-likeness (QED) is 0.863. The van der Waals surface area contributed by atoms with Gasteiger partial charge in [-0.1, -0.05) is 0 Å². The van der Waals surface area contributed by atoms with Crippen molar-refractivity contribution in [3.8, 4) is 5.75 Å². The third kappa shape index (κ3) is 3.87. The summed E-state index contributed by atoms with van der Waals surface area (Å²) in [6, 6.07) is 3.05. The zero-order valence-electron chi connectivity index (χ0n) is 12.6. The summed E-state index contributed by atoms with van der Waals surface area (Å²) in [5, 5.41) is 2.57. The fraction of sp³-hybridized carbons (Fsp3) is 0.467. The Bertz CT molecular complexity index is 564. The molecule has 1 heterocycles. The molecule has 0 aromatic heterocycles. The number of urea groups is 1. The highest BCUT2D eigenvalue weighted by atomic mass is 19.1. The van der Waals surface area contributed by atoms with Crippen LogP contribution in [0.3, 0.4) is 0 Å². The molecule has 0 aliphatic carbocycles. The van der Waals surface area contributed by atoms with Crippen LogP contribution in [0.2, 0.25) is 0 Å². The van der Waals surface area contributed by atoms with Crippen molar-refractivity contribution in [1.29, 1.82) is 0 Å². The van der Waals surface area contributed by atoms with Gasteiger partial charge in [0.1, 0.15) is 24.2 Å². The van der Waals surface area contributed by atoms with Crippen molar-refractivity contribution >= 4 is 12.0 Å². The van der Waals surface area contributed by atoms with Gasteiger partial charge in [-0.25, -0.2) is 14.0 Å². The smallest absolute Gasteiger partial charge is 0.328 e. The summed E-state index contributed by atoms with van der Waals surface area (Å²) >= 11 is 0. The molecule has 1 aromatic carbocycles. The van der Waals surface area contributed by atoms with Gasteiger partial charge in [-0.3, -0.25) is 0 Å². The number of hydrogen-bond acceptors (Lipinski definition) is 4. The second-order valence-electron chi connectivity index (χ2n) is 4.95. The van der Waals surface area contributed by atoms with Gasteiger partial charge in [0.15, 0.2) is 0 Å². The topological polar surface area (TPSA) is 67.9 Å². The molecule has 0 radical (unpaired) electrons. The van der Waals surface area contributed by atoms with Crippen molar-refractivity contribution in [2.75, 3.05) is 19.8 Å². The number of ether oxygens (including phenoxy) is 2. The summed E-state index contributed by atoms with van der Waals surface area (Å²) in [6.45, 7) is 4.37. The zero-order chi connectivity index (χ0) is 16.1. The molecule has 0 spiro atoms. The first-order valence-corrected chi connectivity index (χ1v) is 7.14. The Morgan fingerprint density at radius 3 is 3.00 bits per heavy atom. The van der Waals surface area contributed by atoms with Crippen LogP contribution in [-0.4, -0.2) is 42.7 Å². The van der Waals surface area contributed by atoms with E-state index in [0.29, 0.717) is 24.5 Å². The second kappa shape index (κ2) is 7.11. The molecule has 1 aromatic rings. The molecule has 0 bridgehead atoms. The molecule has 6 nitrogen and oxygen atoms in total. The SMILES string of the molecule is CCOC(=O)[C@@H](C)NC(=O)N1CCOc2ccc(F)cc2C1. The number of esters is 1. The normalized spacial score (nSPS) is 15.1. The van der Waals surface area contributed by atoms with E-state index < -0.39 is 18.0 Å². The maximum Gasteiger partial charge on any atom is 0.328 e. The van der Waals surface area contributed by atoms with E-state index in [0.717, 1.165) is 0 Å². The van der Waals surface area contributed by atoms with Gasteiger partial charge >= 0.3 is 12.0 Å². The van der Waals surface area contributed by atoms with E-state index in [-0.39, 0.29) is 19.0 Å². The van der Waals surface area contributed by atoms with E-state index in [1.54, 1.807) is 19.9 Å². The van der Waals surface area contributed by atoms with Crippen LogP contribution in [-0.2, 0) is 16.1 Å². The summed E-state index contributed by atoms with van der Waals surface area (Å²) < 4.78 is 23.7. The number of carbonyl (C=O) groups excluding carboxylic acids is 2.